The Bertz CT molecular complexity index is 1460. The summed E-state index contributed by atoms with van der Waals surface area (Å²) in [5.74, 6) is 1.95. The zero-order valence-corrected chi connectivity index (χ0v) is 15.4. The van der Waals surface area contributed by atoms with Crippen molar-refractivity contribution in [3.63, 3.8) is 0 Å². The van der Waals surface area contributed by atoms with Crippen molar-refractivity contribution in [2.24, 2.45) is 0 Å². The summed E-state index contributed by atoms with van der Waals surface area (Å²) in [6.07, 6.45) is 0. The molecule has 28 heavy (non-hydrogen) atoms. The van der Waals surface area contributed by atoms with Crippen LogP contribution in [0.2, 0.25) is 0 Å². The summed E-state index contributed by atoms with van der Waals surface area (Å²) < 4.78 is 8.83. The van der Waals surface area contributed by atoms with E-state index in [1.807, 2.05) is 0 Å². The fraction of sp³-hybridized carbons (Fsp3) is 0.0400. The van der Waals surface area contributed by atoms with E-state index < -0.39 is 0 Å². The number of hydrogen-bond acceptors (Lipinski definition) is 1. The Morgan fingerprint density at radius 3 is 2.39 bits per heavy atom. The van der Waals surface area contributed by atoms with Crippen LogP contribution in [-0.2, 0) is 0 Å². The van der Waals surface area contributed by atoms with Crippen LogP contribution in [0.3, 0.4) is 0 Å². The molecular weight excluding hydrogens is 341 g/mol. The Labute approximate surface area is 163 Å². The van der Waals surface area contributed by atoms with Crippen LogP contribution in [0.5, 0.6) is 11.5 Å². The highest BCUT2D eigenvalue weighted by molar-refractivity contribution is 6.99. The monoisotopic (exact) mass is 357 g/mol. The minimum Gasteiger partial charge on any atom is -0.458 e. The van der Waals surface area contributed by atoms with Crippen molar-refractivity contribution in [2.75, 3.05) is 0 Å². The Hall–Kier alpha value is -3.46. The molecule has 0 fully saturated rings. The molecule has 1 aromatic heterocycles. The largest absolute Gasteiger partial charge is 0.458 e. The molecular formula is C25H16BNO. The summed E-state index contributed by atoms with van der Waals surface area (Å²) in [6.45, 7) is 2.41. The first-order valence-corrected chi connectivity index (χ1v) is 9.75. The lowest BCUT2D eigenvalue weighted by Crippen LogP contribution is -2.58. The van der Waals surface area contributed by atoms with E-state index in [1.165, 1.54) is 49.4 Å². The Balaban J connectivity index is 1.78. The molecule has 2 nitrogen and oxygen atoms in total. The highest BCUT2D eigenvalue weighted by Crippen LogP contribution is 2.38. The summed E-state index contributed by atoms with van der Waals surface area (Å²) in [5, 5.41) is 2.62. The number of nitrogens with zero attached hydrogens (tertiary/aromatic N) is 1. The third-order valence-corrected chi connectivity index (χ3v) is 6.38. The van der Waals surface area contributed by atoms with E-state index in [0.717, 1.165) is 11.5 Å². The third kappa shape index (κ3) is 1.57. The Kier molecular flexibility index (Phi) is 2.54. The molecule has 5 aromatic rings. The number of aryl methyl sites for hydroxylation is 1. The summed E-state index contributed by atoms with van der Waals surface area (Å²) in [4.78, 5) is 0. The minimum absolute atomic E-state index is 0.206. The van der Waals surface area contributed by atoms with Crippen LogP contribution >= 0.6 is 0 Å². The fourth-order valence-electron chi connectivity index (χ4n) is 5.29. The van der Waals surface area contributed by atoms with E-state index in [1.54, 1.807) is 0 Å². The van der Waals surface area contributed by atoms with Crippen molar-refractivity contribution >= 4 is 44.9 Å². The standard InChI is InChI=1S/C25H16BNO/c1-15-7-6-8-16-17-13-14-22-23-25(17)27(24(15)16)20-11-4-2-9-18(20)26(23)19-10-3-5-12-21(19)28-22/h2-14H,1H3. The van der Waals surface area contributed by atoms with Gasteiger partial charge in [0.05, 0.1) is 11.0 Å². The topological polar surface area (TPSA) is 14.2 Å². The van der Waals surface area contributed by atoms with E-state index in [4.69, 9.17) is 4.74 Å². The molecule has 0 saturated heterocycles. The second kappa shape index (κ2) is 4.88. The van der Waals surface area contributed by atoms with Gasteiger partial charge in [0.15, 0.2) is 0 Å². The maximum absolute atomic E-state index is 6.37. The molecule has 0 radical (unpaired) electrons. The van der Waals surface area contributed by atoms with Gasteiger partial charge in [-0.2, -0.15) is 0 Å². The molecule has 0 N–H and O–H groups in total. The third-order valence-electron chi connectivity index (χ3n) is 6.38. The van der Waals surface area contributed by atoms with Gasteiger partial charge in [0.1, 0.15) is 11.5 Å². The van der Waals surface area contributed by atoms with Crippen LogP contribution in [0.1, 0.15) is 5.56 Å². The van der Waals surface area contributed by atoms with Crippen LogP contribution in [0.15, 0.2) is 78.9 Å². The molecule has 2 aliphatic heterocycles. The number of rotatable bonds is 0. The quantitative estimate of drug-likeness (QED) is 0.374. The molecule has 0 spiro atoms. The molecule has 130 valence electrons. The molecule has 0 bridgehead atoms. The van der Waals surface area contributed by atoms with E-state index >= 15 is 0 Å². The average molecular weight is 357 g/mol. The number of hydrogen-bond donors (Lipinski definition) is 0. The fourth-order valence-corrected chi connectivity index (χ4v) is 5.29. The normalized spacial score (nSPS) is 13.4. The summed E-state index contributed by atoms with van der Waals surface area (Å²) in [7, 11) is 0. The van der Waals surface area contributed by atoms with Gasteiger partial charge >= 0.3 is 0 Å². The SMILES string of the molecule is Cc1cccc2c3ccc4c5c3n(c12)-c1ccccc1B5c1ccccc1O4. The predicted molar refractivity (Wildman–Crippen MR) is 117 cm³/mol. The van der Waals surface area contributed by atoms with Crippen molar-refractivity contribution < 1.29 is 4.74 Å². The summed E-state index contributed by atoms with van der Waals surface area (Å²) in [6, 6.07) is 28.3. The first-order chi connectivity index (χ1) is 13.8. The summed E-state index contributed by atoms with van der Waals surface area (Å²) in [5.41, 5.74) is 9.07. The zero-order chi connectivity index (χ0) is 18.4. The first-order valence-electron chi connectivity index (χ1n) is 9.75. The molecule has 0 saturated carbocycles. The Morgan fingerprint density at radius 2 is 1.46 bits per heavy atom. The van der Waals surface area contributed by atoms with Gasteiger partial charge in [-0.15, -0.1) is 0 Å². The lowest BCUT2D eigenvalue weighted by molar-refractivity contribution is 0.488. The second-order valence-electron chi connectivity index (χ2n) is 7.81. The lowest BCUT2D eigenvalue weighted by Gasteiger charge is -2.32. The van der Waals surface area contributed by atoms with Crippen LogP contribution in [-0.4, -0.2) is 11.3 Å². The second-order valence-corrected chi connectivity index (χ2v) is 7.81. The molecule has 0 unspecified atom stereocenters. The van der Waals surface area contributed by atoms with Gasteiger partial charge in [0, 0.05) is 16.5 Å². The van der Waals surface area contributed by atoms with Crippen LogP contribution in [0.4, 0.5) is 0 Å². The molecule has 0 aliphatic carbocycles. The minimum atomic E-state index is 0.206. The highest BCUT2D eigenvalue weighted by atomic mass is 16.5. The van der Waals surface area contributed by atoms with Gasteiger partial charge in [0.25, 0.3) is 6.71 Å². The van der Waals surface area contributed by atoms with E-state index in [9.17, 15) is 0 Å². The zero-order valence-electron chi connectivity index (χ0n) is 15.4. The number of benzene rings is 4. The van der Waals surface area contributed by atoms with Gasteiger partial charge < -0.3 is 9.30 Å². The first kappa shape index (κ1) is 14.6. The van der Waals surface area contributed by atoms with Crippen LogP contribution in [0.25, 0.3) is 27.5 Å². The van der Waals surface area contributed by atoms with E-state index in [-0.39, 0.29) is 6.71 Å². The van der Waals surface area contributed by atoms with Gasteiger partial charge in [-0.05, 0) is 53.1 Å². The van der Waals surface area contributed by atoms with Gasteiger partial charge in [-0.3, -0.25) is 0 Å². The molecule has 3 heterocycles. The maximum atomic E-state index is 6.37. The molecule has 0 atom stereocenters. The molecule has 7 rings (SSSR count). The lowest BCUT2D eigenvalue weighted by atomic mass is 9.34. The highest BCUT2D eigenvalue weighted by Gasteiger charge is 2.40. The average Bonchev–Trinajstić information content (AvgIpc) is 3.09. The number of para-hydroxylation sites is 3. The number of aromatic nitrogens is 1. The van der Waals surface area contributed by atoms with Crippen molar-refractivity contribution in [2.45, 2.75) is 6.92 Å². The van der Waals surface area contributed by atoms with E-state index in [2.05, 4.69) is 90.4 Å². The molecule has 4 aromatic carbocycles. The molecule has 0 amide bonds. The van der Waals surface area contributed by atoms with E-state index in [0.29, 0.717) is 0 Å². The van der Waals surface area contributed by atoms with Gasteiger partial charge in [0.2, 0.25) is 0 Å². The molecule has 2 aliphatic rings. The van der Waals surface area contributed by atoms with Crippen molar-refractivity contribution in [3.8, 4) is 17.2 Å². The predicted octanol–water partition coefficient (Wildman–Crippen LogP) is 4.03. The smallest absolute Gasteiger partial charge is 0.256 e. The van der Waals surface area contributed by atoms with Crippen LogP contribution < -0.4 is 21.1 Å². The summed E-state index contributed by atoms with van der Waals surface area (Å²) >= 11 is 0. The Morgan fingerprint density at radius 1 is 0.679 bits per heavy atom. The molecule has 3 heteroatoms. The number of fused-ring (bicyclic) bond motifs is 8. The van der Waals surface area contributed by atoms with Gasteiger partial charge in [-0.25, -0.2) is 0 Å². The maximum Gasteiger partial charge on any atom is 0.256 e. The van der Waals surface area contributed by atoms with Crippen molar-refractivity contribution in [1.29, 1.82) is 0 Å². The van der Waals surface area contributed by atoms with Crippen LogP contribution in [0, 0.1) is 6.92 Å². The van der Waals surface area contributed by atoms with Crippen molar-refractivity contribution in [3.05, 3.63) is 84.4 Å². The van der Waals surface area contributed by atoms with Gasteiger partial charge in [-0.1, -0.05) is 54.6 Å². The van der Waals surface area contributed by atoms with Crippen molar-refractivity contribution in [1.82, 2.24) is 4.57 Å². The number of ether oxygens (including phenoxy) is 1.